The van der Waals surface area contributed by atoms with Crippen LogP contribution in [0.1, 0.15) is 49.9 Å². The Kier molecular flexibility index (Phi) is 6.31. The minimum Gasteiger partial charge on any atom is -0.370 e. The van der Waals surface area contributed by atoms with Gasteiger partial charge in [-0.1, -0.05) is 25.7 Å². The van der Waals surface area contributed by atoms with Crippen LogP contribution in [0.4, 0.5) is 11.6 Å². The van der Waals surface area contributed by atoms with Crippen molar-refractivity contribution in [2.24, 2.45) is 0 Å². The van der Waals surface area contributed by atoms with Gasteiger partial charge in [-0.25, -0.2) is 9.97 Å². The van der Waals surface area contributed by atoms with E-state index in [9.17, 15) is 0 Å². The van der Waals surface area contributed by atoms with E-state index in [1.165, 1.54) is 38.3 Å². The van der Waals surface area contributed by atoms with E-state index in [1.807, 2.05) is 26.0 Å². The molecule has 4 aromatic rings. The van der Waals surface area contributed by atoms with Crippen molar-refractivity contribution in [3.63, 3.8) is 0 Å². The third-order valence-electron chi connectivity index (χ3n) is 4.98. The second-order valence-corrected chi connectivity index (χ2v) is 7.48. The third-order valence-corrected chi connectivity index (χ3v) is 4.98. The Bertz CT molecular complexity index is 1010. The Morgan fingerprint density at radius 3 is 1.57 bits per heavy atom. The Morgan fingerprint density at radius 1 is 0.667 bits per heavy atom. The summed E-state index contributed by atoms with van der Waals surface area (Å²) >= 11 is 0. The van der Waals surface area contributed by atoms with Crippen LogP contribution < -0.4 is 10.6 Å². The molecule has 10 nitrogen and oxygen atoms in total. The topological polar surface area (TPSA) is 110 Å². The minimum atomic E-state index is 0.637. The summed E-state index contributed by atoms with van der Waals surface area (Å²) in [6.07, 6.45) is 10.3. The van der Waals surface area contributed by atoms with Crippen LogP contribution >= 0.6 is 0 Å². The van der Waals surface area contributed by atoms with Crippen molar-refractivity contribution in [1.29, 1.82) is 0 Å². The summed E-state index contributed by atoms with van der Waals surface area (Å²) in [7, 11) is 0. The van der Waals surface area contributed by atoms with Crippen LogP contribution in [0.5, 0.6) is 0 Å². The molecule has 4 heterocycles. The van der Waals surface area contributed by atoms with Gasteiger partial charge in [-0.15, -0.1) is 0 Å². The summed E-state index contributed by atoms with van der Waals surface area (Å²) in [6, 6.07) is 4.01. The van der Waals surface area contributed by atoms with E-state index >= 15 is 0 Å². The lowest BCUT2D eigenvalue weighted by atomic mass is 10.1. The summed E-state index contributed by atoms with van der Waals surface area (Å²) in [6.45, 7) is 5.79. The molecule has 4 rings (SSSR count). The molecule has 0 aliphatic carbocycles. The van der Waals surface area contributed by atoms with Gasteiger partial charge in [-0.3, -0.25) is 0 Å². The number of hydrogen-bond acceptors (Lipinski definition) is 8. The number of rotatable bonds is 11. The van der Waals surface area contributed by atoms with Crippen molar-refractivity contribution in [2.75, 3.05) is 23.7 Å². The van der Waals surface area contributed by atoms with Gasteiger partial charge in [0, 0.05) is 36.6 Å². The molecule has 4 aromatic heterocycles. The second-order valence-electron chi connectivity index (χ2n) is 7.48. The van der Waals surface area contributed by atoms with E-state index in [-0.39, 0.29) is 0 Å². The molecule has 0 aliphatic rings. The lowest BCUT2D eigenvalue weighted by Gasteiger charge is -2.09. The van der Waals surface area contributed by atoms with E-state index in [1.54, 1.807) is 9.03 Å². The number of nitrogens with zero attached hydrogens (tertiary/aromatic N) is 8. The van der Waals surface area contributed by atoms with Crippen LogP contribution in [-0.4, -0.2) is 52.3 Å². The Balaban J connectivity index is 1.09. The number of anilines is 2. The molecule has 0 spiro atoms. The number of aromatic nitrogens is 8. The molecule has 0 radical (unpaired) electrons. The average Bonchev–Trinajstić information content (AvgIpc) is 3.38. The third kappa shape index (κ3) is 4.81. The molecule has 0 aromatic carbocycles. The fourth-order valence-corrected chi connectivity index (χ4v) is 3.50. The maximum absolute atomic E-state index is 4.36. The van der Waals surface area contributed by atoms with Crippen LogP contribution in [0.2, 0.25) is 0 Å². The maximum atomic E-state index is 4.36. The van der Waals surface area contributed by atoms with Crippen molar-refractivity contribution < 1.29 is 0 Å². The molecule has 10 heteroatoms. The number of unbranched alkanes of at least 4 members (excludes halogenated alkanes) is 5. The first-order valence-corrected chi connectivity index (χ1v) is 10.5. The van der Waals surface area contributed by atoms with Crippen LogP contribution in [0, 0.1) is 13.8 Å². The largest absolute Gasteiger partial charge is 0.370 e. The first-order chi connectivity index (χ1) is 14.7. The Hall–Kier alpha value is -3.30. The smallest absolute Gasteiger partial charge is 0.254 e. The van der Waals surface area contributed by atoms with E-state index in [0.29, 0.717) is 11.6 Å². The van der Waals surface area contributed by atoms with Crippen molar-refractivity contribution in [2.45, 2.75) is 52.4 Å². The molecule has 0 amide bonds. The summed E-state index contributed by atoms with van der Waals surface area (Å²) in [5.41, 5.74) is 1.89. The molecule has 0 unspecified atom stereocenters. The summed E-state index contributed by atoms with van der Waals surface area (Å²) in [5, 5.41) is 15.3. The SMILES string of the molecule is Cc1cc(NCCCCCCCCNc2cc(C)nc3ncnn23)n2ncnc2n1. The van der Waals surface area contributed by atoms with Crippen LogP contribution in [0.3, 0.4) is 0 Å². The minimum absolute atomic E-state index is 0.637. The highest BCUT2D eigenvalue weighted by atomic mass is 15.4. The fourth-order valence-electron chi connectivity index (χ4n) is 3.50. The lowest BCUT2D eigenvalue weighted by molar-refractivity contribution is 0.609. The Morgan fingerprint density at radius 2 is 1.10 bits per heavy atom. The van der Waals surface area contributed by atoms with Gasteiger partial charge < -0.3 is 10.6 Å². The monoisotopic (exact) mass is 408 g/mol. The number of fused-ring (bicyclic) bond motifs is 2. The van der Waals surface area contributed by atoms with Gasteiger partial charge in [0.15, 0.2) is 0 Å². The lowest BCUT2D eigenvalue weighted by Crippen LogP contribution is -2.08. The quantitative estimate of drug-likeness (QED) is 0.364. The number of nitrogens with one attached hydrogen (secondary N) is 2. The molecule has 30 heavy (non-hydrogen) atoms. The molecule has 0 bridgehead atoms. The summed E-state index contributed by atoms with van der Waals surface area (Å²) in [5.74, 6) is 3.18. The van der Waals surface area contributed by atoms with Gasteiger partial charge in [0.05, 0.1) is 0 Å². The Labute approximate surface area is 175 Å². The van der Waals surface area contributed by atoms with Gasteiger partial charge in [-0.2, -0.15) is 29.2 Å². The van der Waals surface area contributed by atoms with Crippen molar-refractivity contribution in [1.82, 2.24) is 39.2 Å². The molecule has 2 N–H and O–H groups in total. The zero-order chi connectivity index (χ0) is 20.8. The van der Waals surface area contributed by atoms with Gasteiger partial charge in [0.2, 0.25) is 0 Å². The highest BCUT2D eigenvalue weighted by molar-refractivity contribution is 5.45. The van der Waals surface area contributed by atoms with Crippen LogP contribution in [-0.2, 0) is 0 Å². The van der Waals surface area contributed by atoms with E-state index in [4.69, 9.17) is 0 Å². The molecule has 0 aliphatic heterocycles. The van der Waals surface area contributed by atoms with E-state index in [0.717, 1.165) is 49.0 Å². The zero-order valence-electron chi connectivity index (χ0n) is 17.5. The predicted molar refractivity (Wildman–Crippen MR) is 116 cm³/mol. The average molecular weight is 409 g/mol. The highest BCUT2D eigenvalue weighted by Gasteiger charge is 2.05. The summed E-state index contributed by atoms with van der Waals surface area (Å²) < 4.78 is 3.49. The predicted octanol–water partition coefficient (Wildman–Crippen LogP) is 3.04. The molecular formula is C20H28N10. The van der Waals surface area contributed by atoms with Crippen molar-refractivity contribution in [3.05, 3.63) is 36.2 Å². The standard InChI is InChI=1S/C20H28N10/c1-15-11-17(29-19(27-15)23-13-25-29)21-9-7-5-3-4-6-8-10-22-18-12-16(2)28-20-24-14-26-30(18)20/h11-14,21-22H,3-10H2,1-2H3. The van der Waals surface area contributed by atoms with Crippen LogP contribution in [0.25, 0.3) is 11.6 Å². The summed E-state index contributed by atoms with van der Waals surface area (Å²) in [4.78, 5) is 17.0. The van der Waals surface area contributed by atoms with Crippen molar-refractivity contribution in [3.8, 4) is 0 Å². The fraction of sp³-hybridized carbons (Fsp3) is 0.500. The molecule has 0 saturated heterocycles. The molecular weight excluding hydrogens is 380 g/mol. The molecule has 0 atom stereocenters. The normalized spacial score (nSPS) is 11.4. The van der Waals surface area contributed by atoms with Gasteiger partial charge in [0.25, 0.3) is 11.6 Å². The molecule has 158 valence electrons. The van der Waals surface area contributed by atoms with Gasteiger partial charge in [0.1, 0.15) is 24.3 Å². The molecule has 0 fully saturated rings. The maximum Gasteiger partial charge on any atom is 0.254 e. The zero-order valence-corrected chi connectivity index (χ0v) is 17.5. The second kappa shape index (κ2) is 9.47. The van der Waals surface area contributed by atoms with Gasteiger partial charge >= 0.3 is 0 Å². The first-order valence-electron chi connectivity index (χ1n) is 10.5. The van der Waals surface area contributed by atoms with E-state index in [2.05, 4.69) is 40.8 Å². The van der Waals surface area contributed by atoms with E-state index < -0.39 is 0 Å². The van der Waals surface area contributed by atoms with Crippen molar-refractivity contribution >= 4 is 23.2 Å². The number of aryl methyl sites for hydroxylation is 2. The first kappa shape index (κ1) is 20.0. The highest BCUT2D eigenvalue weighted by Crippen LogP contribution is 2.13. The number of hydrogen-bond donors (Lipinski definition) is 2. The van der Waals surface area contributed by atoms with Crippen LogP contribution in [0.15, 0.2) is 24.8 Å². The molecule has 0 saturated carbocycles. The van der Waals surface area contributed by atoms with Gasteiger partial charge in [-0.05, 0) is 26.7 Å².